The predicted octanol–water partition coefficient (Wildman–Crippen LogP) is 3.80. The number of thiophene rings is 1. The molecule has 1 atom stereocenters. The quantitative estimate of drug-likeness (QED) is 0.627. The summed E-state index contributed by atoms with van der Waals surface area (Å²) in [6.07, 6.45) is -4.20. The van der Waals surface area contributed by atoms with Crippen molar-refractivity contribution in [3.8, 4) is 5.75 Å². The van der Waals surface area contributed by atoms with Gasteiger partial charge in [0.25, 0.3) is 5.91 Å². The maximum atomic E-state index is 12.9. The molecule has 2 aromatic heterocycles. The van der Waals surface area contributed by atoms with Gasteiger partial charge in [-0.2, -0.15) is 5.10 Å². The average molecular weight is 451 g/mol. The zero-order valence-electron chi connectivity index (χ0n) is 16.8. The Bertz CT molecular complexity index is 1150. The monoisotopic (exact) mass is 451 g/mol. The van der Waals surface area contributed by atoms with E-state index in [4.69, 9.17) is 5.73 Å². The van der Waals surface area contributed by atoms with Crippen molar-refractivity contribution >= 4 is 38.8 Å². The van der Waals surface area contributed by atoms with Crippen molar-refractivity contribution in [2.45, 2.75) is 32.7 Å². The Labute approximate surface area is 180 Å². The van der Waals surface area contributed by atoms with Crippen LogP contribution in [0.2, 0.25) is 0 Å². The number of carbonyl (C=O) groups excluding carboxylic acids is 1. The third-order valence-electron chi connectivity index (χ3n) is 5.30. The van der Waals surface area contributed by atoms with E-state index in [1.165, 1.54) is 23.5 Å². The number of anilines is 2. The number of aromatic nitrogens is 2. The van der Waals surface area contributed by atoms with Gasteiger partial charge in [-0.05, 0) is 38.0 Å². The minimum absolute atomic E-state index is 0.245. The van der Waals surface area contributed by atoms with Crippen molar-refractivity contribution in [2.75, 3.05) is 23.7 Å². The number of nitrogens with one attached hydrogen (secondary N) is 1. The number of alkyl halides is 3. The first-order valence-electron chi connectivity index (χ1n) is 9.56. The Kier molecular flexibility index (Phi) is 5.38. The number of ether oxygens (including phenoxy) is 1. The molecule has 0 spiro atoms. The zero-order chi connectivity index (χ0) is 22.3. The summed E-state index contributed by atoms with van der Waals surface area (Å²) in [5.41, 5.74) is 8.56. The number of rotatable bonds is 4. The number of para-hydroxylation sites is 2. The molecule has 0 saturated carbocycles. The van der Waals surface area contributed by atoms with E-state index >= 15 is 0 Å². The van der Waals surface area contributed by atoms with E-state index in [1.807, 2.05) is 13.8 Å². The SMILES string of the molecule is Cc1nnc2sc(C(=O)NC3CCN(c4ccccc4OC(F)(F)F)C3)c(N)c2c1C. The van der Waals surface area contributed by atoms with Crippen molar-refractivity contribution in [1.29, 1.82) is 0 Å². The van der Waals surface area contributed by atoms with Crippen molar-refractivity contribution in [3.05, 3.63) is 40.4 Å². The Hall–Kier alpha value is -3.08. The fourth-order valence-corrected chi connectivity index (χ4v) is 4.69. The number of fused-ring (bicyclic) bond motifs is 1. The standard InChI is InChI=1S/C20H20F3N5O2S/c1-10-11(2)26-27-19-15(10)16(24)17(31-19)18(29)25-12-7-8-28(9-12)13-5-3-4-6-14(13)30-20(21,22)23/h3-6,12H,7-9,24H2,1-2H3,(H,25,29). The number of carbonyl (C=O) groups is 1. The molecule has 3 heterocycles. The van der Waals surface area contributed by atoms with Crippen LogP contribution in [-0.4, -0.2) is 41.6 Å². The number of hydrogen-bond acceptors (Lipinski definition) is 7. The molecule has 1 aromatic carbocycles. The number of benzene rings is 1. The van der Waals surface area contributed by atoms with Crippen LogP contribution in [0.25, 0.3) is 10.2 Å². The largest absolute Gasteiger partial charge is 0.573 e. The Morgan fingerprint density at radius 1 is 1.29 bits per heavy atom. The van der Waals surface area contributed by atoms with Crippen LogP contribution >= 0.6 is 11.3 Å². The van der Waals surface area contributed by atoms with Gasteiger partial charge in [0.05, 0.1) is 17.1 Å². The number of nitrogens with two attached hydrogens (primary N) is 1. The molecule has 3 N–H and O–H groups in total. The highest BCUT2D eigenvalue weighted by Gasteiger charge is 2.34. The molecule has 3 aromatic rings. The van der Waals surface area contributed by atoms with Gasteiger partial charge in [0.1, 0.15) is 9.71 Å². The highest BCUT2D eigenvalue weighted by Crippen LogP contribution is 2.36. The molecule has 0 radical (unpaired) electrons. The summed E-state index contributed by atoms with van der Waals surface area (Å²) in [5.74, 6) is -0.593. The lowest BCUT2D eigenvalue weighted by atomic mass is 10.1. The summed E-state index contributed by atoms with van der Waals surface area (Å²) in [6, 6.07) is 5.73. The number of amides is 1. The molecule has 1 saturated heterocycles. The Morgan fingerprint density at radius 3 is 2.77 bits per heavy atom. The second kappa shape index (κ2) is 7.88. The maximum Gasteiger partial charge on any atom is 0.573 e. The third kappa shape index (κ3) is 4.22. The van der Waals surface area contributed by atoms with Crippen LogP contribution in [0.5, 0.6) is 5.75 Å². The molecule has 164 valence electrons. The molecule has 0 aliphatic carbocycles. The fourth-order valence-electron chi connectivity index (χ4n) is 3.69. The predicted molar refractivity (Wildman–Crippen MR) is 113 cm³/mol. The van der Waals surface area contributed by atoms with E-state index in [0.717, 1.165) is 16.6 Å². The minimum Gasteiger partial charge on any atom is -0.404 e. The number of nitrogens with zero attached hydrogens (tertiary/aromatic N) is 3. The molecule has 7 nitrogen and oxygen atoms in total. The third-order valence-corrected chi connectivity index (χ3v) is 6.38. The summed E-state index contributed by atoms with van der Waals surface area (Å²) in [4.78, 5) is 15.6. The van der Waals surface area contributed by atoms with Gasteiger partial charge in [0.2, 0.25) is 0 Å². The number of hydrogen-bond donors (Lipinski definition) is 2. The van der Waals surface area contributed by atoms with Gasteiger partial charge in [0.15, 0.2) is 5.75 Å². The van der Waals surface area contributed by atoms with Gasteiger partial charge in [0, 0.05) is 24.5 Å². The summed E-state index contributed by atoms with van der Waals surface area (Å²) >= 11 is 1.17. The van der Waals surface area contributed by atoms with Crippen LogP contribution in [-0.2, 0) is 0 Å². The number of halogens is 3. The molecule has 1 amide bonds. The molecule has 1 fully saturated rings. The summed E-state index contributed by atoms with van der Waals surface area (Å²) < 4.78 is 42.3. The van der Waals surface area contributed by atoms with Gasteiger partial charge < -0.3 is 20.7 Å². The topological polar surface area (TPSA) is 93.4 Å². The van der Waals surface area contributed by atoms with Gasteiger partial charge in [-0.15, -0.1) is 29.6 Å². The lowest BCUT2D eigenvalue weighted by Gasteiger charge is -2.22. The lowest BCUT2D eigenvalue weighted by Crippen LogP contribution is -2.37. The molecule has 0 bridgehead atoms. The van der Waals surface area contributed by atoms with E-state index < -0.39 is 6.36 Å². The van der Waals surface area contributed by atoms with Crippen LogP contribution in [0.3, 0.4) is 0 Å². The first-order chi connectivity index (χ1) is 14.6. The molecular weight excluding hydrogens is 431 g/mol. The van der Waals surface area contributed by atoms with E-state index in [2.05, 4.69) is 20.3 Å². The summed E-state index contributed by atoms with van der Waals surface area (Å²) in [5, 5.41) is 11.9. The maximum absolute atomic E-state index is 12.9. The van der Waals surface area contributed by atoms with E-state index in [-0.39, 0.29) is 17.7 Å². The smallest absolute Gasteiger partial charge is 0.404 e. The van der Waals surface area contributed by atoms with Crippen LogP contribution in [0.15, 0.2) is 24.3 Å². The second-order valence-corrected chi connectivity index (χ2v) is 8.36. The fraction of sp³-hybridized carbons (Fsp3) is 0.350. The van der Waals surface area contributed by atoms with Gasteiger partial charge in [-0.3, -0.25) is 4.79 Å². The molecular formula is C20H20F3N5O2S. The highest BCUT2D eigenvalue weighted by atomic mass is 32.1. The molecule has 11 heteroatoms. The highest BCUT2D eigenvalue weighted by molar-refractivity contribution is 7.21. The van der Waals surface area contributed by atoms with Gasteiger partial charge in [-0.25, -0.2) is 0 Å². The number of nitrogen functional groups attached to an aromatic ring is 1. The number of aryl methyl sites for hydroxylation is 2. The molecule has 1 aliphatic heterocycles. The van der Waals surface area contributed by atoms with Crippen LogP contribution in [0, 0.1) is 13.8 Å². The van der Waals surface area contributed by atoms with Gasteiger partial charge in [-0.1, -0.05) is 12.1 Å². The lowest BCUT2D eigenvalue weighted by molar-refractivity contribution is -0.274. The van der Waals surface area contributed by atoms with Crippen molar-refractivity contribution in [1.82, 2.24) is 15.5 Å². The Morgan fingerprint density at radius 2 is 2.03 bits per heavy atom. The van der Waals surface area contributed by atoms with E-state index in [9.17, 15) is 18.0 Å². The zero-order valence-corrected chi connectivity index (χ0v) is 17.6. The summed E-state index contributed by atoms with van der Waals surface area (Å²) in [7, 11) is 0. The summed E-state index contributed by atoms with van der Waals surface area (Å²) in [6.45, 7) is 4.54. The first kappa shape index (κ1) is 21.2. The van der Waals surface area contributed by atoms with Crippen molar-refractivity contribution in [3.63, 3.8) is 0 Å². The van der Waals surface area contributed by atoms with Crippen molar-refractivity contribution < 1.29 is 22.7 Å². The molecule has 4 rings (SSSR count). The van der Waals surface area contributed by atoms with Crippen molar-refractivity contribution in [2.24, 2.45) is 0 Å². The van der Waals surface area contributed by atoms with Crippen LogP contribution in [0.1, 0.15) is 27.3 Å². The average Bonchev–Trinajstić information content (AvgIpc) is 3.29. The van der Waals surface area contributed by atoms with E-state index in [1.54, 1.807) is 17.0 Å². The first-order valence-corrected chi connectivity index (χ1v) is 10.4. The normalized spacial score (nSPS) is 16.7. The minimum atomic E-state index is -4.78. The second-order valence-electron chi connectivity index (χ2n) is 7.36. The molecule has 1 unspecified atom stereocenters. The molecule has 1 aliphatic rings. The van der Waals surface area contributed by atoms with Gasteiger partial charge >= 0.3 is 6.36 Å². The van der Waals surface area contributed by atoms with Crippen LogP contribution < -0.4 is 20.7 Å². The van der Waals surface area contributed by atoms with E-state index in [0.29, 0.717) is 40.6 Å². The van der Waals surface area contributed by atoms with Crippen LogP contribution in [0.4, 0.5) is 24.5 Å². The molecule has 31 heavy (non-hydrogen) atoms. The Balaban J connectivity index is 1.50.